The molecule has 0 aliphatic rings. The highest BCUT2D eigenvalue weighted by molar-refractivity contribution is 7.89. The summed E-state index contributed by atoms with van der Waals surface area (Å²) in [6.07, 6.45) is 1.40. The Morgan fingerprint density at radius 2 is 1.83 bits per heavy atom. The van der Waals surface area contributed by atoms with Crippen molar-refractivity contribution in [1.29, 1.82) is 0 Å². The summed E-state index contributed by atoms with van der Waals surface area (Å²) in [5.74, 6) is -0.545. The second-order valence-electron chi connectivity index (χ2n) is 6.17. The molecule has 1 aromatic carbocycles. The van der Waals surface area contributed by atoms with Crippen molar-refractivity contribution in [3.63, 3.8) is 0 Å². The van der Waals surface area contributed by atoms with Crippen LogP contribution in [0.1, 0.15) is 31.3 Å². The highest BCUT2D eigenvalue weighted by Gasteiger charge is 2.25. The lowest BCUT2D eigenvalue weighted by Gasteiger charge is -2.21. The first-order valence-electron chi connectivity index (χ1n) is 7.14. The fourth-order valence-corrected chi connectivity index (χ4v) is 3.72. The molecule has 0 unspecified atom stereocenters. The topological polar surface area (TPSA) is 88.2 Å². The summed E-state index contributed by atoms with van der Waals surface area (Å²) in [5.41, 5.74) is -0.385. The standard InChI is InChI=1S/C16H18ClN3O3S/c1-16(2,3)20-24(22,23)14-7-5-4-6-12(14)19-15(21)13-10-11(17)8-9-18-13/h4-10,20H,1-3H3,(H,19,21). The molecule has 0 spiro atoms. The molecule has 24 heavy (non-hydrogen) atoms. The Morgan fingerprint density at radius 3 is 2.46 bits per heavy atom. The molecule has 6 nitrogen and oxygen atoms in total. The third kappa shape index (κ3) is 4.77. The normalized spacial score (nSPS) is 12.0. The highest BCUT2D eigenvalue weighted by atomic mass is 35.5. The number of sulfonamides is 1. The molecule has 1 heterocycles. The molecule has 0 radical (unpaired) electrons. The number of hydrogen-bond donors (Lipinski definition) is 2. The Bertz CT molecular complexity index is 861. The van der Waals surface area contributed by atoms with E-state index in [0.29, 0.717) is 5.02 Å². The molecule has 8 heteroatoms. The van der Waals surface area contributed by atoms with Crippen LogP contribution in [-0.4, -0.2) is 24.8 Å². The molecule has 0 aliphatic heterocycles. The number of halogens is 1. The van der Waals surface area contributed by atoms with Gasteiger partial charge in [0, 0.05) is 16.8 Å². The minimum Gasteiger partial charge on any atom is -0.319 e. The summed E-state index contributed by atoms with van der Waals surface area (Å²) in [6.45, 7) is 5.21. The van der Waals surface area contributed by atoms with Crippen LogP contribution in [-0.2, 0) is 10.0 Å². The Labute approximate surface area is 146 Å². The number of benzene rings is 1. The van der Waals surface area contributed by atoms with E-state index in [-0.39, 0.29) is 16.3 Å². The van der Waals surface area contributed by atoms with Crippen LogP contribution in [0.5, 0.6) is 0 Å². The first-order chi connectivity index (χ1) is 11.1. The molecular formula is C16H18ClN3O3S. The molecule has 2 N–H and O–H groups in total. The number of amides is 1. The van der Waals surface area contributed by atoms with Crippen molar-refractivity contribution in [2.45, 2.75) is 31.2 Å². The number of pyridine rings is 1. The molecule has 128 valence electrons. The Hall–Kier alpha value is -1.96. The summed E-state index contributed by atoms with van der Waals surface area (Å²) in [4.78, 5) is 16.2. The minimum atomic E-state index is -3.80. The van der Waals surface area contributed by atoms with E-state index in [9.17, 15) is 13.2 Å². The van der Waals surface area contributed by atoms with Gasteiger partial charge in [0.1, 0.15) is 10.6 Å². The van der Waals surface area contributed by atoms with E-state index in [1.807, 2.05) is 0 Å². The van der Waals surface area contributed by atoms with E-state index in [2.05, 4.69) is 15.0 Å². The van der Waals surface area contributed by atoms with E-state index in [1.165, 1.54) is 24.4 Å². The van der Waals surface area contributed by atoms with Gasteiger partial charge in [-0.1, -0.05) is 23.7 Å². The molecular weight excluding hydrogens is 350 g/mol. The zero-order valence-corrected chi connectivity index (χ0v) is 15.1. The van der Waals surface area contributed by atoms with Crippen molar-refractivity contribution in [3.8, 4) is 0 Å². The average Bonchev–Trinajstić information content (AvgIpc) is 2.45. The van der Waals surface area contributed by atoms with Gasteiger partial charge >= 0.3 is 0 Å². The van der Waals surface area contributed by atoms with Crippen LogP contribution in [0.25, 0.3) is 0 Å². The number of nitrogens with one attached hydrogen (secondary N) is 2. The van der Waals surface area contributed by atoms with E-state index in [4.69, 9.17) is 11.6 Å². The zero-order valence-electron chi connectivity index (χ0n) is 13.5. The van der Waals surface area contributed by atoms with Crippen molar-refractivity contribution in [2.75, 3.05) is 5.32 Å². The predicted octanol–water partition coefficient (Wildman–Crippen LogP) is 3.06. The monoisotopic (exact) mass is 367 g/mol. The largest absolute Gasteiger partial charge is 0.319 e. The number of hydrogen-bond acceptors (Lipinski definition) is 4. The molecule has 0 fully saturated rings. The average molecular weight is 368 g/mol. The van der Waals surface area contributed by atoms with Crippen molar-refractivity contribution < 1.29 is 13.2 Å². The third-order valence-electron chi connectivity index (χ3n) is 2.82. The minimum absolute atomic E-state index is 0.0182. The van der Waals surface area contributed by atoms with E-state index in [1.54, 1.807) is 39.0 Å². The number of aromatic nitrogens is 1. The fraction of sp³-hybridized carbons (Fsp3) is 0.250. The van der Waals surface area contributed by atoms with E-state index < -0.39 is 21.5 Å². The Balaban J connectivity index is 2.34. The van der Waals surface area contributed by atoms with Crippen LogP contribution in [0.4, 0.5) is 5.69 Å². The predicted molar refractivity (Wildman–Crippen MR) is 93.7 cm³/mol. The second-order valence-corrected chi connectivity index (χ2v) is 8.25. The van der Waals surface area contributed by atoms with Crippen LogP contribution < -0.4 is 10.0 Å². The maximum atomic E-state index is 12.5. The van der Waals surface area contributed by atoms with E-state index >= 15 is 0 Å². The Kier molecular flexibility index (Phi) is 5.27. The van der Waals surface area contributed by atoms with Crippen LogP contribution in [0.2, 0.25) is 5.02 Å². The number of carbonyl (C=O) groups excluding carboxylic acids is 1. The van der Waals surface area contributed by atoms with Crippen molar-refractivity contribution in [1.82, 2.24) is 9.71 Å². The Morgan fingerprint density at radius 1 is 1.17 bits per heavy atom. The fourth-order valence-electron chi connectivity index (χ4n) is 1.98. The first kappa shape index (κ1) is 18.4. The van der Waals surface area contributed by atoms with Crippen LogP contribution in [0.15, 0.2) is 47.5 Å². The smallest absolute Gasteiger partial charge is 0.274 e. The third-order valence-corrected chi connectivity index (χ3v) is 4.87. The van der Waals surface area contributed by atoms with Gasteiger partial charge in [-0.25, -0.2) is 13.1 Å². The van der Waals surface area contributed by atoms with E-state index in [0.717, 1.165) is 0 Å². The quantitative estimate of drug-likeness (QED) is 0.869. The zero-order chi connectivity index (χ0) is 18.0. The molecule has 0 saturated carbocycles. The molecule has 1 amide bonds. The molecule has 0 bridgehead atoms. The van der Waals surface area contributed by atoms with Gasteiger partial charge in [-0.15, -0.1) is 0 Å². The van der Waals surface area contributed by atoms with Gasteiger partial charge in [0.25, 0.3) is 5.91 Å². The molecule has 1 aromatic heterocycles. The summed E-state index contributed by atoms with van der Waals surface area (Å²) < 4.78 is 27.6. The number of anilines is 1. The summed E-state index contributed by atoms with van der Waals surface area (Å²) in [7, 11) is -3.80. The number of nitrogens with zero attached hydrogens (tertiary/aromatic N) is 1. The molecule has 2 rings (SSSR count). The number of para-hydroxylation sites is 1. The summed E-state index contributed by atoms with van der Waals surface area (Å²) in [6, 6.07) is 9.11. The van der Waals surface area contributed by atoms with Gasteiger partial charge < -0.3 is 5.32 Å². The molecule has 0 atom stereocenters. The van der Waals surface area contributed by atoms with Gasteiger partial charge in [-0.3, -0.25) is 9.78 Å². The second kappa shape index (κ2) is 6.88. The SMILES string of the molecule is CC(C)(C)NS(=O)(=O)c1ccccc1NC(=O)c1cc(Cl)ccn1. The highest BCUT2D eigenvalue weighted by Crippen LogP contribution is 2.23. The molecule has 2 aromatic rings. The lowest BCUT2D eigenvalue weighted by Crippen LogP contribution is -2.40. The van der Waals surface area contributed by atoms with Gasteiger partial charge in [0.15, 0.2) is 0 Å². The lowest BCUT2D eigenvalue weighted by molar-refractivity contribution is 0.102. The number of rotatable bonds is 4. The van der Waals surface area contributed by atoms with Gasteiger partial charge in [-0.05, 0) is 45.0 Å². The first-order valence-corrected chi connectivity index (χ1v) is 9.00. The van der Waals surface area contributed by atoms with Gasteiger partial charge in [0.2, 0.25) is 10.0 Å². The maximum absolute atomic E-state index is 12.5. The lowest BCUT2D eigenvalue weighted by atomic mass is 10.1. The van der Waals surface area contributed by atoms with Crippen molar-refractivity contribution >= 4 is 33.2 Å². The van der Waals surface area contributed by atoms with Crippen LogP contribution in [0.3, 0.4) is 0 Å². The number of carbonyl (C=O) groups is 1. The van der Waals surface area contributed by atoms with Crippen LogP contribution >= 0.6 is 11.6 Å². The maximum Gasteiger partial charge on any atom is 0.274 e. The van der Waals surface area contributed by atoms with Gasteiger partial charge in [-0.2, -0.15) is 0 Å². The summed E-state index contributed by atoms with van der Waals surface area (Å²) in [5, 5.41) is 2.93. The van der Waals surface area contributed by atoms with Crippen molar-refractivity contribution in [3.05, 3.63) is 53.3 Å². The van der Waals surface area contributed by atoms with Crippen LogP contribution in [0, 0.1) is 0 Å². The van der Waals surface area contributed by atoms with Crippen molar-refractivity contribution in [2.24, 2.45) is 0 Å². The van der Waals surface area contributed by atoms with Gasteiger partial charge in [0.05, 0.1) is 5.69 Å². The molecule has 0 saturated heterocycles. The molecule has 0 aliphatic carbocycles. The summed E-state index contributed by atoms with van der Waals surface area (Å²) >= 11 is 5.84.